The van der Waals surface area contributed by atoms with Crippen LogP contribution in [0, 0.1) is 5.92 Å². The zero-order chi connectivity index (χ0) is 16.9. The number of urea groups is 1. The highest BCUT2D eigenvalue weighted by Gasteiger charge is 2.25. The van der Waals surface area contributed by atoms with Crippen LogP contribution in [0.1, 0.15) is 11.1 Å². The fraction of sp³-hybridized carbons (Fsp3) is 0.222. The van der Waals surface area contributed by atoms with Gasteiger partial charge in [-0.05, 0) is 35.7 Å². The van der Waals surface area contributed by atoms with Gasteiger partial charge in [-0.3, -0.25) is 4.79 Å². The Morgan fingerprint density at radius 2 is 1.88 bits per heavy atom. The third-order valence-corrected chi connectivity index (χ3v) is 3.94. The van der Waals surface area contributed by atoms with Crippen LogP contribution in [0.5, 0.6) is 5.75 Å². The van der Waals surface area contributed by atoms with Crippen LogP contribution in [0.15, 0.2) is 48.5 Å². The molecule has 3 rings (SSSR count). The molecule has 124 valence electrons. The molecular formula is C18H19N3O3. The number of fused-ring (bicyclic) bond motifs is 1. The molecule has 2 aromatic carbocycles. The lowest BCUT2D eigenvalue weighted by atomic mass is 9.96. The maximum absolute atomic E-state index is 12.3. The van der Waals surface area contributed by atoms with E-state index < -0.39 is 6.03 Å². The monoisotopic (exact) mass is 325 g/mol. The number of rotatable bonds is 4. The van der Waals surface area contributed by atoms with E-state index in [4.69, 9.17) is 10.5 Å². The van der Waals surface area contributed by atoms with Crippen molar-refractivity contribution >= 4 is 17.6 Å². The number of amides is 3. The standard InChI is InChI=1S/C18H19N3O3/c19-18(23)21-15-7-5-12(6-8-15)10-20-17(22)14-9-13-3-1-2-4-16(13)24-11-14/h1-8,14H,9-11H2,(H,20,22)(H3,19,21,23). The highest BCUT2D eigenvalue weighted by atomic mass is 16.5. The largest absolute Gasteiger partial charge is 0.492 e. The smallest absolute Gasteiger partial charge is 0.316 e. The fourth-order valence-electron chi connectivity index (χ4n) is 2.68. The number of hydrogen-bond donors (Lipinski definition) is 3. The van der Waals surface area contributed by atoms with Gasteiger partial charge in [-0.25, -0.2) is 4.79 Å². The van der Waals surface area contributed by atoms with Gasteiger partial charge in [-0.15, -0.1) is 0 Å². The van der Waals surface area contributed by atoms with Crippen molar-refractivity contribution in [2.75, 3.05) is 11.9 Å². The highest BCUT2D eigenvalue weighted by Crippen LogP contribution is 2.26. The van der Waals surface area contributed by atoms with E-state index in [2.05, 4.69) is 10.6 Å². The van der Waals surface area contributed by atoms with E-state index >= 15 is 0 Å². The Morgan fingerprint density at radius 3 is 2.62 bits per heavy atom. The fourth-order valence-corrected chi connectivity index (χ4v) is 2.68. The van der Waals surface area contributed by atoms with Crippen molar-refractivity contribution in [2.45, 2.75) is 13.0 Å². The first-order chi connectivity index (χ1) is 11.6. The van der Waals surface area contributed by atoms with E-state index in [0.29, 0.717) is 25.3 Å². The van der Waals surface area contributed by atoms with Gasteiger partial charge in [0.1, 0.15) is 12.4 Å². The Kier molecular flexibility index (Phi) is 4.65. The normalized spacial score (nSPS) is 15.8. The van der Waals surface area contributed by atoms with Crippen molar-refractivity contribution in [3.05, 3.63) is 59.7 Å². The van der Waals surface area contributed by atoms with Gasteiger partial charge in [0, 0.05) is 12.2 Å². The molecule has 0 radical (unpaired) electrons. The molecule has 0 spiro atoms. The SMILES string of the molecule is NC(=O)Nc1ccc(CNC(=O)C2COc3ccccc3C2)cc1. The summed E-state index contributed by atoms with van der Waals surface area (Å²) in [6.45, 7) is 0.818. The average Bonchev–Trinajstić information content (AvgIpc) is 2.60. The van der Waals surface area contributed by atoms with Gasteiger partial charge in [0.2, 0.25) is 5.91 Å². The van der Waals surface area contributed by atoms with Crippen LogP contribution in [-0.2, 0) is 17.8 Å². The molecule has 0 saturated heterocycles. The lowest BCUT2D eigenvalue weighted by Crippen LogP contribution is -2.37. The van der Waals surface area contributed by atoms with E-state index in [1.165, 1.54) is 0 Å². The van der Waals surface area contributed by atoms with Crippen LogP contribution in [0.2, 0.25) is 0 Å². The van der Waals surface area contributed by atoms with E-state index in [9.17, 15) is 9.59 Å². The Labute approximate surface area is 140 Å². The quantitative estimate of drug-likeness (QED) is 0.803. The predicted octanol–water partition coefficient (Wildman–Crippen LogP) is 2.04. The number of anilines is 1. The number of ether oxygens (including phenoxy) is 1. The van der Waals surface area contributed by atoms with Gasteiger partial charge in [-0.1, -0.05) is 30.3 Å². The Balaban J connectivity index is 1.53. The molecule has 0 fully saturated rings. The molecule has 24 heavy (non-hydrogen) atoms. The lowest BCUT2D eigenvalue weighted by Gasteiger charge is -2.24. The number of carbonyl (C=O) groups is 2. The molecule has 0 saturated carbocycles. The first kappa shape index (κ1) is 15.9. The van der Waals surface area contributed by atoms with Crippen molar-refractivity contribution < 1.29 is 14.3 Å². The average molecular weight is 325 g/mol. The number of primary amides is 1. The lowest BCUT2D eigenvalue weighted by molar-refractivity contribution is -0.126. The molecule has 1 unspecified atom stereocenters. The molecule has 0 aliphatic carbocycles. The Hall–Kier alpha value is -3.02. The second-order valence-electron chi connectivity index (χ2n) is 5.72. The van der Waals surface area contributed by atoms with E-state index in [1.54, 1.807) is 12.1 Å². The predicted molar refractivity (Wildman–Crippen MR) is 90.6 cm³/mol. The van der Waals surface area contributed by atoms with Crippen molar-refractivity contribution in [3.63, 3.8) is 0 Å². The molecule has 2 aromatic rings. The number of para-hydroxylation sites is 1. The maximum Gasteiger partial charge on any atom is 0.316 e. The van der Waals surface area contributed by atoms with Crippen molar-refractivity contribution in [1.82, 2.24) is 5.32 Å². The summed E-state index contributed by atoms with van der Waals surface area (Å²) >= 11 is 0. The number of benzene rings is 2. The molecule has 6 heteroatoms. The zero-order valence-electron chi connectivity index (χ0n) is 13.1. The van der Waals surface area contributed by atoms with Crippen molar-refractivity contribution in [2.24, 2.45) is 11.7 Å². The number of nitrogens with one attached hydrogen (secondary N) is 2. The zero-order valence-corrected chi connectivity index (χ0v) is 13.1. The van der Waals surface area contributed by atoms with Gasteiger partial charge in [0.25, 0.3) is 0 Å². The summed E-state index contributed by atoms with van der Waals surface area (Å²) in [5.74, 6) is 0.652. The minimum absolute atomic E-state index is 0.0242. The molecule has 1 atom stereocenters. The van der Waals surface area contributed by atoms with Crippen LogP contribution in [0.4, 0.5) is 10.5 Å². The maximum atomic E-state index is 12.3. The van der Waals surface area contributed by atoms with Crippen LogP contribution in [0.3, 0.4) is 0 Å². The minimum atomic E-state index is -0.603. The first-order valence-corrected chi connectivity index (χ1v) is 7.75. The number of nitrogens with two attached hydrogens (primary N) is 1. The molecular weight excluding hydrogens is 306 g/mol. The summed E-state index contributed by atoms with van der Waals surface area (Å²) in [6.07, 6.45) is 0.684. The summed E-state index contributed by atoms with van der Waals surface area (Å²) in [7, 11) is 0. The minimum Gasteiger partial charge on any atom is -0.492 e. The van der Waals surface area contributed by atoms with Gasteiger partial charge in [0.15, 0.2) is 0 Å². The molecule has 0 bridgehead atoms. The molecule has 1 aliphatic rings. The van der Waals surface area contributed by atoms with Crippen molar-refractivity contribution in [3.8, 4) is 5.75 Å². The second kappa shape index (κ2) is 7.04. The van der Waals surface area contributed by atoms with E-state index in [0.717, 1.165) is 16.9 Å². The molecule has 3 amide bonds. The molecule has 1 aliphatic heterocycles. The summed E-state index contributed by atoms with van der Waals surface area (Å²) in [4.78, 5) is 23.1. The van der Waals surface area contributed by atoms with Gasteiger partial charge in [-0.2, -0.15) is 0 Å². The van der Waals surface area contributed by atoms with Crippen molar-refractivity contribution in [1.29, 1.82) is 0 Å². The molecule has 6 nitrogen and oxygen atoms in total. The summed E-state index contributed by atoms with van der Waals surface area (Å²) in [5.41, 5.74) is 7.68. The number of carbonyl (C=O) groups excluding carboxylic acids is 2. The summed E-state index contributed by atoms with van der Waals surface area (Å²) < 4.78 is 5.65. The Morgan fingerprint density at radius 1 is 1.12 bits per heavy atom. The topological polar surface area (TPSA) is 93.5 Å². The third-order valence-electron chi connectivity index (χ3n) is 3.94. The first-order valence-electron chi connectivity index (χ1n) is 7.75. The molecule has 1 heterocycles. The van der Waals surface area contributed by atoms with Crippen LogP contribution < -0.4 is 21.1 Å². The molecule has 4 N–H and O–H groups in total. The Bertz CT molecular complexity index is 743. The van der Waals surface area contributed by atoms with Gasteiger partial charge >= 0.3 is 6.03 Å². The molecule has 0 aromatic heterocycles. The summed E-state index contributed by atoms with van der Waals surface area (Å²) in [5, 5.41) is 5.42. The van der Waals surface area contributed by atoms with Gasteiger partial charge in [0.05, 0.1) is 5.92 Å². The van der Waals surface area contributed by atoms with Crippen LogP contribution in [0.25, 0.3) is 0 Å². The summed E-state index contributed by atoms with van der Waals surface area (Å²) in [6, 6.07) is 14.3. The van der Waals surface area contributed by atoms with E-state index in [1.807, 2.05) is 36.4 Å². The van der Waals surface area contributed by atoms with Crippen LogP contribution in [-0.4, -0.2) is 18.5 Å². The number of hydrogen-bond acceptors (Lipinski definition) is 3. The second-order valence-corrected chi connectivity index (χ2v) is 5.72. The van der Waals surface area contributed by atoms with E-state index in [-0.39, 0.29) is 11.8 Å². The highest BCUT2D eigenvalue weighted by molar-refractivity contribution is 5.87. The van der Waals surface area contributed by atoms with Crippen LogP contribution >= 0.6 is 0 Å². The van der Waals surface area contributed by atoms with Gasteiger partial charge < -0.3 is 21.1 Å². The third kappa shape index (κ3) is 3.84.